The van der Waals surface area contributed by atoms with Crippen LogP contribution >= 0.6 is 0 Å². The van der Waals surface area contributed by atoms with Crippen molar-refractivity contribution in [2.75, 3.05) is 0 Å². The summed E-state index contributed by atoms with van der Waals surface area (Å²) in [4.78, 5) is 16.0. The third-order valence-corrected chi connectivity index (χ3v) is 2.80. The average molecular weight is 258 g/mol. The van der Waals surface area contributed by atoms with Crippen molar-refractivity contribution in [1.29, 1.82) is 0 Å². The molecule has 1 aromatic heterocycles. The number of benzene rings is 1. The molecule has 19 heavy (non-hydrogen) atoms. The van der Waals surface area contributed by atoms with Gasteiger partial charge in [-0.3, -0.25) is 4.79 Å². The van der Waals surface area contributed by atoms with E-state index in [1.54, 1.807) is 31.2 Å². The first-order valence-electron chi connectivity index (χ1n) is 6.03. The van der Waals surface area contributed by atoms with Crippen molar-refractivity contribution >= 4 is 5.91 Å². The summed E-state index contributed by atoms with van der Waals surface area (Å²) in [6.45, 7) is 3.89. The molecule has 0 aliphatic heterocycles. The number of rotatable bonds is 3. The van der Waals surface area contributed by atoms with Crippen molar-refractivity contribution in [2.45, 2.75) is 20.4 Å². The highest BCUT2D eigenvalue weighted by Crippen LogP contribution is 2.09. The van der Waals surface area contributed by atoms with Gasteiger partial charge in [0, 0.05) is 12.2 Å². The van der Waals surface area contributed by atoms with Crippen LogP contribution in [0.4, 0.5) is 4.39 Å². The van der Waals surface area contributed by atoms with Gasteiger partial charge in [0.05, 0.1) is 0 Å². The zero-order chi connectivity index (χ0) is 13.8. The summed E-state index contributed by atoms with van der Waals surface area (Å²) >= 11 is 0. The molecule has 0 saturated heterocycles. The first-order valence-corrected chi connectivity index (χ1v) is 6.03. The van der Waals surface area contributed by atoms with Crippen LogP contribution in [-0.2, 0) is 6.54 Å². The molecule has 0 aliphatic carbocycles. The summed E-state index contributed by atoms with van der Waals surface area (Å²) < 4.78 is 13.1. The number of halogens is 1. The second-order valence-corrected chi connectivity index (χ2v) is 4.43. The van der Waals surface area contributed by atoms with Gasteiger partial charge in [0.15, 0.2) is 0 Å². The zero-order valence-corrected chi connectivity index (χ0v) is 10.9. The molecule has 1 N–H and O–H groups in total. The van der Waals surface area contributed by atoms with Gasteiger partial charge in [0.25, 0.3) is 5.91 Å². The Hall–Kier alpha value is -2.23. The number of hydrogen-bond acceptors (Lipinski definition) is 2. The number of carbonyl (C=O) groups is 1. The lowest BCUT2D eigenvalue weighted by Crippen LogP contribution is -2.24. The lowest BCUT2D eigenvalue weighted by atomic mass is 10.1. The minimum absolute atomic E-state index is 0.231. The highest BCUT2D eigenvalue weighted by atomic mass is 19.1. The van der Waals surface area contributed by atoms with Crippen LogP contribution in [0.2, 0.25) is 0 Å². The Morgan fingerprint density at radius 3 is 2.74 bits per heavy atom. The van der Waals surface area contributed by atoms with Crippen LogP contribution in [0.15, 0.2) is 36.4 Å². The Balaban J connectivity index is 2.02. The summed E-state index contributed by atoms with van der Waals surface area (Å²) in [6.07, 6.45) is 0. The van der Waals surface area contributed by atoms with Gasteiger partial charge in [-0.15, -0.1) is 0 Å². The normalized spacial score (nSPS) is 10.3. The fourth-order valence-corrected chi connectivity index (χ4v) is 1.76. The first kappa shape index (κ1) is 13.2. The second-order valence-electron chi connectivity index (χ2n) is 4.43. The summed E-state index contributed by atoms with van der Waals surface area (Å²) in [5.74, 6) is -0.471. The molecule has 3 nitrogen and oxygen atoms in total. The summed E-state index contributed by atoms with van der Waals surface area (Å²) in [7, 11) is 0. The molecule has 4 heteroatoms. The molecule has 98 valence electrons. The SMILES string of the molecule is Cc1cccc(C(=O)NCc2ccc(F)c(C)c2)n1. The molecule has 0 unspecified atom stereocenters. The number of nitrogens with zero attached hydrogens (tertiary/aromatic N) is 1. The maximum absolute atomic E-state index is 13.1. The number of hydrogen-bond donors (Lipinski definition) is 1. The maximum Gasteiger partial charge on any atom is 0.270 e. The molecule has 1 aromatic carbocycles. The van der Waals surface area contributed by atoms with Crippen molar-refractivity contribution < 1.29 is 9.18 Å². The molecular formula is C15H15FN2O. The van der Waals surface area contributed by atoms with E-state index in [0.717, 1.165) is 11.3 Å². The molecule has 0 bridgehead atoms. The smallest absolute Gasteiger partial charge is 0.270 e. The Morgan fingerprint density at radius 1 is 1.26 bits per heavy atom. The lowest BCUT2D eigenvalue weighted by molar-refractivity contribution is 0.0945. The van der Waals surface area contributed by atoms with Gasteiger partial charge < -0.3 is 5.32 Å². The quantitative estimate of drug-likeness (QED) is 0.919. The van der Waals surface area contributed by atoms with E-state index in [-0.39, 0.29) is 11.7 Å². The molecular weight excluding hydrogens is 243 g/mol. The minimum atomic E-state index is -0.240. The maximum atomic E-state index is 13.1. The average Bonchev–Trinajstić information content (AvgIpc) is 2.40. The van der Waals surface area contributed by atoms with Crippen LogP contribution in [0.3, 0.4) is 0 Å². The highest BCUT2D eigenvalue weighted by molar-refractivity contribution is 5.92. The lowest BCUT2D eigenvalue weighted by Gasteiger charge is -2.06. The number of carbonyl (C=O) groups excluding carboxylic acids is 1. The van der Waals surface area contributed by atoms with Gasteiger partial charge in [-0.2, -0.15) is 0 Å². The van der Waals surface area contributed by atoms with Gasteiger partial charge in [0.2, 0.25) is 0 Å². The number of aromatic nitrogens is 1. The monoisotopic (exact) mass is 258 g/mol. The number of amides is 1. The molecule has 1 heterocycles. The second kappa shape index (κ2) is 5.61. The van der Waals surface area contributed by atoms with E-state index in [4.69, 9.17) is 0 Å². The summed E-state index contributed by atoms with van der Waals surface area (Å²) in [5, 5.41) is 2.77. The highest BCUT2D eigenvalue weighted by Gasteiger charge is 2.07. The van der Waals surface area contributed by atoms with E-state index in [9.17, 15) is 9.18 Å². The van der Waals surface area contributed by atoms with Crippen molar-refractivity contribution in [3.8, 4) is 0 Å². The Labute approximate surface area is 111 Å². The topological polar surface area (TPSA) is 42.0 Å². The molecule has 1 amide bonds. The molecule has 0 aliphatic rings. The van der Waals surface area contributed by atoms with E-state index < -0.39 is 0 Å². The van der Waals surface area contributed by atoms with Gasteiger partial charge >= 0.3 is 0 Å². The molecule has 0 spiro atoms. The van der Waals surface area contributed by atoms with Crippen molar-refractivity contribution in [3.05, 3.63) is 64.7 Å². The van der Waals surface area contributed by atoms with Crippen molar-refractivity contribution in [3.63, 3.8) is 0 Å². The summed E-state index contributed by atoms with van der Waals surface area (Å²) in [5.41, 5.74) is 2.62. The van der Waals surface area contributed by atoms with Crippen LogP contribution in [0.25, 0.3) is 0 Å². The van der Waals surface area contributed by atoms with Gasteiger partial charge in [-0.1, -0.05) is 18.2 Å². The molecule has 2 aromatic rings. The molecule has 0 atom stereocenters. The third kappa shape index (κ3) is 3.37. The van der Waals surface area contributed by atoms with E-state index in [0.29, 0.717) is 17.8 Å². The number of nitrogens with one attached hydrogen (secondary N) is 1. The Morgan fingerprint density at radius 2 is 2.05 bits per heavy atom. The van der Waals surface area contributed by atoms with Crippen LogP contribution < -0.4 is 5.32 Å². The van der Waals surface area contributed by atoms with Crippen LogP contribution in [0.5, 0.6) is 0 Å². The predicted octanol–water partition coefficient (Wildman–Crippen LogP) is 2.77. The minimum Gasteiger partial charge on any atom is -0.347 e. The van der Waals surface area contributed by atoms with Crippen LogP contribution in [0.1, 0.15) is 27.3 Å². The van der Waals surface area contributed by atoms with Crippen molar-refractivity contribution in [1.82, 2.24) is 10.3 Å². The zero-order valence-electron chi connectivity index (χ0n) is 10.9. The van der Waals surface area contributed by atoms with Gasteiger partial charge in [-0.25, -0.2) is 9.37 Å². The predicted molar refractivity (Wildman–Crippen MR) is 71.3 cm³/mol. The van der Waals surface area contributed by atoms with E-state index in [1.165, 1.54) is 6.07 Å². The Bertz CT molecular complexity index is 611. The molecule has 2 rings (SSSR count). The standard InChI is InChI=1S/C15H15FN2O/c1-10-8-12(6-7-13(10)16)9-17-15(19)14-5-3-4-11(2)18-14/h3-8H,9H2,1-2H3,(H,17,19). The van der Waals surface area contributed by atoms with E-state index in [2.05, 4.69) is 10.3 Å². The van der Waals surface area contributed by atoms with E-state index in [1.807, 2.05) is 13.0 Å². The van der Waals surface area contributed by atoms with E-state index >= 15 is 0 Å². The number of pyridine rings is 1. The third-order valence-electron chi connectivity index (χ3n) is 2.80. The van der Waals surface area contributed by atoms with Crippen molar-refractivity contribution in [2.24, 2.45) is 0 Å². The largest absolute Gasteiger partial charge is 0.347 e. The fraction of sp³-hybridized carbons (Fsp3) is 0.200. The molecule has 0 fully saturated rings. The van der Waals surface area contributed by atoms with Gasteiger partial charge in [0.1, 0.15) is 11.5 Å². The summed E-state index contributed by atoms with van der Waals surface area (Å²) in [6, 6.07) is 10.1. The fourth-order valence-electron chi connectivity index (χ4n) is 1.76. The van der Waals surface area contributed by atoms with Crippen LogP contribution in [0, 0.1) is 19.7 Å². The number of aryl methyl sites for hydroxylation is 2. The Kier molecular flexibility index (Phi) is 3.90. The van der Waals surface area contributed by atoms with Crippen LogP contribution in [-0.4, -0.2) is 10.9 Å². The first-order chi connectivity index (χ1) is 9.06. The molecule has 0 saturated carbocycles. The molecule has 0 radical (unpaired) electrons. The van der Waals surface area contributed by atoms with Gasteiger partial charge in [-0.05, 0) is 43.2 Å².